The molecule has 10 aromatic rings. The van der Waals surface area contributed by atoms with Crippen molar-refractivity contribution < 1.29 is 0 Å². The molecule has 0 amide bonds. The summed E-state index contributed by atoms with van der Waals surface area (Å²) in [6, 6.07) is 80.5. The molecule has 2 atom stereocenters. The van der Waals surface area contributed by atoms with Gasteiger partial charge in [-0.15, -0.1) is 0 Å². The Labute approximate surface area is 378 Å². The summed E-state index contributed by atoms with van der Waals surface area (Å²) in [6.07, 6.45) is 7.14. The lowest BCUT2D eigenvalue weighted by molar-refractivity contribution is 0.451. The Bertz CT molecular complexity index is 3570. The molecule has 1 heterocycles. The Morgan fingerprint density at radius 2 is 0.969 bits per heavy atom. The first-order valence-electron chi connectivity index (χ1n) is 22.5. The number of para-hydroxylation sites is 1. The van der Waals surface area contributed by atoms with Crippen LogP contribution in [0.1, 0.15) is 28.2 Å². The average Bonchev–Trinajstić information content (AvgIpc) is 3.85. The zero-order valence-electron chi connectivity index (χ0n) is 35.6. The average molecular weight is 831 g/mol. The molecule has 9 aromatic carbocycles. The first-order chi connectivity index (χ1) is 32.2. The second-order valence-electron chi connectivity index (χ2n) is 17.5. The fourth-order valence-electron chi connectivity index (χ4n) is 11.6. The van der Waals surface area contributed by atoms with Gasteiger partial charge in [-0.2, -0.15) is 0 Å². The molecule has 0 fully saturated rings. The van der Waals surface area contributed by atoms with Crippen LogP contribution in [0.3, 0.4) is 0 Å². The highest BCUT2D eigenvalue weighted by Gasteiger charge is 2.58. The number of allylic oxidation sites excluding steroid dienone is 4. The van der Waals surface area contributed by atoms with Crippen LogP contribution in [0, 0.1) is 5.92 Å². The molecule has 3 heteroatoms. The van der Waals surface area contributed by atoms with Gasteiger partial charge >= 0.3 is 0 Å². The smallest absolute Gasteiger partial charge is 0.263 e. The van der Waals surface area contributed by atoms with Crippen molar-refractivity contribution >= 4 is 33.1 Å². The molecule has 3 aliphatic carbocycles. The van der Waals surface area contributed by atoms with Crippen molar-refractivity contribution in [3.63, 3.8) is 0 Å². The van der Waals surface area contributed by atoms with E-state index >= 15 is 0 Å². The van der Waals surface area contributed by atoms with Gasteiger partial charge in [0.05, 0.1) is 10.9 Å². The molecule has 13 rings (SSSR count). The molecule has 1 aromatic heterocycles. The number of fused-ring (bicyclic) bond motifs is 13. The molecule has 306 valence electrons. The summed E-state index contributed by atoms with van der Waals surface area (Å²) in [5.74, 6) is 0.232. The number of aromatic nitrogens is 1. The first-order valence-corrected chi connectivity index (χ1v) is 22.5. The van der Waals surface area contributed by atoms with Crippen LogP contribution in [0.15, 0.2) is 253 Å². The van der Waals surface area contributed by atoms with E-state index in [2.05, 4.69) is 199 Å². The highest BCUT2D eigenvalue weighted by Crippen LogP contribution is 2.66. The number of anilines is 2. The zero-order chi connectivity index (χ0) is 43.1. The van der Waals surface area contributed by atoms with Crippen molar-refractivity contribution in [2.45, 2.75) is 11.3 Å². The summed E-state index contributed by atoms with van der Waals surface area (Å²) >= 11 is 0. The highest BCUT2D eigenvalue weighted by molar-refractivity contribution is 6.07. The molecule has 3 aliphatic rings. The molecule has 0 N–H and O–H groups in total. The summed E-state index contributed by atoms with van der Waals surface area (Å²) in [6.45, 7) is 0. The summed E-state index contributed by atoms with van der Waals surface area (Å²) in [5.41, 5.74) is 17.6. The quantitative estimate of drug-likeness (QED) is 0.156. The van der Waals surface area contributed by atoms with Crippen LogP contribution in [0.5, 0.6) is 0 Å². The van der Waals surface area contributed by atoms with Crippen LogP contribution >= 0.6 is 0 Å². The summed E-state index contributed by atoms with van der Waals surface area (Å²) < 4.78 is 1.85. The molecule has 2 unspecified atom stereocenters. The number of rotatable bonds is 6. The lowest BCUT2D eigenvalue weighted by atomic mass is 9.65. The van der Waals surface area contributed by atoms with E-state index in [1.807, 2.05) is 53.1 Å². The third-order valence-corrected chi connectivity index (χ3v) is 14.3. The molecular formula is C62H42N2O. The Balaban J connectivity index is 0.961. The monoisotopic (exact) mass is 830 g/mol. The van der Waals surface area contributed by atoms with Crippen molar-refractivity contribution in [3.05, 3.63) is 281 Å². The number of benzene rings is 9. The minimum Gasteiger partial charge on any atom is -0.314 e. The Kier molecular flexibility index (Phi) is 8.41. The molecule has 0 aliphatic heterocycles. The van der Waals surface area contributed by atoms with E-state index in [4.69, 9.17) is 0 Å². The molecule has 0 saturated heterocycles. The van der Waals surface area contributed by atoms with Gasteiger partial charge in [-0.1, -0.05) is 182 Å². The zero-order valence-corrected chi connectivity index (χ0v) is 35.6. The SMILES string of the molecule is O=c1c2ccccc2c2cc(-c3ccc(N(C4=CC=CC5C4c4ccccc4C54c5ccccc5-c5ccccc54)c4ccc(-c5ccccc5)cc4)cc3)ccc2n1-c1ccccc1. The van der Waals surface area contributed by atoms with Gasteiger partial charge in [-0.3, -0.25) is 9.36 Å². The van der Waals surface area contributed by atoms with Gasteiger partial charge in [0.2, 0.25) is 0 Å². The van der Waals surface area contributed by atoms with Gasteiger partial charge in [0.25, 0.3) is 5.56 Å². The normalized spacial score (nSPS) is 16.2. The largest absolute Gasteiger partial charge is 0.314 e. The minimum atomic E-state index is -0.330. The third kappa shape index (κ3) is 5.52. The van der Waals surface area contributed by atoms with Crippen molar-refractivity contribution in [2.24, 2.45) is 5.92 Å². The van der Waals surface area contributed by atoms with Crippen molar-refractivity contribution in [2.75, 3.05) is 4.90 Å². The van der Waals surface area contributed by atoms with Crippen LogP contribution < -0.4 is 10.5 Å². The summed E-state index contributed by atoms with van der Waals surface area (Å²) in [7, 11) is 0. The van der Waals surface area contributed by atoms with Gasteiger partial charge in [0.15, 0.2) is 0 Å². The summed E-state index contributed by atoms with van der Waals surface area (Å²) in [4.78, 5) is 16.5. The predicted molar refractivity (Wildman–Crippen MR) is 268 cm³/mol. The number of hydrogen-bond donors (Lipinski definition) is 0. The molecule has 0 saturated carbocycles. The second kappa shape index (κ2) is 14.7. The Morgan fingerprint density at radius 3 is 1.65 bits per heavy atom. The van der Waals surface area contributed by atoms with Crippen LogP contribution in [-0.2, 0) is 5.41 Å². The maximum absolute atomic E-state index is 14.0. The second-order valence-corrected chi connectivity index (χ2v) is 17.5. The van der Waals surface area contributed by atoms with Crippen molar-refractivity contribution in [1.29, 1.82) is 0 Å². The Hall–Kier alpha value is -8.27. The van der Waals surface area contributed by atoms with E-state index in [1.165, 1.54) is 50.2 Å². The van der Waals surface area contributed by atoms with E-state index in [0.29, 0.717) is 5.39 Å². The fourth-order valence-corrected chi connectivity index (χ4v) is 11.6. The van der Waals surface area contributed by atoms with Crippen LogP contribution in [-0.4, -0.2) is 4.57 Å². The topological polar surface area (TPSA) is 25.2 Å². The van der Waals surface area contributed by atoms with Gasteiger partial charge < -0.3 is 4.90 Å². The molecule has 1 spiro atoms. The lowest BCUT2D eigenvalue weighted by Gasteiger charge is -2.40. The lowest BCUT2D eigenvalue weighted by Crippen LogP contribution is -2.35. The van der Waals surface area contributed by atoms with E-state index in [-0.39, 0.29) is 22.8 Å². The fraction of sp³-hybridized carbons (Fsp3) is 0.0484. The predicted octanol–water partition coefficient (Wildman–Crippen LogP) is 14.8. The van der Waals surface area contributed by atoms with Crippen LogP contribution in [0.25, 0.3) is 60.7 Å². The third-order valence-electron chi connectivity index (χ3n) is 14.3. The highest BCUT2D eigenvalue weighted by atomic mass is 16.1. The van der Waals surface area contributed by atoms with Gasteiger partial charge in [0, 0.05) is 45.4 Å². The van der Waals surface area contributed by atoms with Crippen LogP contribution in [0.2, 0.25) is 0 Å². The minimum absolute atomic E-state index is 0.0143. The number of hydrogen-bond acceptors (Lipinski definition) is 2. The van der Waals surface area contributed by atoms with E-state index < -0.39 is 0 Å². The summed E-state index contributed by atoms with van der Waals surface area (Å²) in [5, 5.41) is 2.70. The molecule has 0 bridgehead atoms. The first kappa shape index (κ1) is 37.3. The Morgan fingerprint density at radius 1 is 0.446 bits per heavy atom. The van der Waals surface area contributed by atoms with Crippen molar-refractivity contribution in [3.8, 4) is 39.1 Å². The molecule has 3 nitrogen and oxygen atoms in total. The van der Waals surface area contributed by atoms with Gasteiger partial charge in [-0.05, 0) is 122 Å². The maximum atomic E-state index is 14.0. The number of nitrogens with zero attached hydrogens (tertiary/aromatic N) is 2. The van der Waals surface area contributed by atoms with E-state index in [0.717, 1.165) is 44.5 Å². The molecular weight excluding hydrogens is 789 g/mol. The van der Waals surface area contributed by atoms with Crippen LogP contribution in [0.4, 0.5) is 11.4 Å². The standard InChI is InChI=1S/C62H42N2O/c65-61-51-23-8-7-20-48(51)53-40-44(34-39-58(53)64(61)45-18-5-2-6-19-45)43-32-37-47(38-33-43)63(46-35-30-42(31-36-46)41-16-3-1-4-17-41)59-29-15-28-57-60(59)52-24-11-14-27-56(52)62(57)54-25-12-9-21-49(54)50-22-10-13-26-55(50)62/h1-40,57,60H. The van der Waals surface area contributed by atoms with Gasteiger partial charge in [0.1, 0.15) is 0 Å². The van der Waals surface area contributed by atoms with E-state index in [1.54, 1.807) is 0 Å². The van der Waals surface area contributed by atoms with Crippen molar-refractivity contribution in [1.82, 2.24) is 4.57 Å². The number of pyridine rings is 1. The maximum Gasteiger partial charge on any atom is 0.263 e. The van der Waals surface area contributed by atoms with E-state index in [9.17, 15) is 4.79 Å². The molecule has 65 heavy (non-hydrogen) atoms. The molecule has 0 radical (unpaired) electrons. The van der Waals surface area contributed by atoms with Gasteiger partial charge in [-0.25, -0.2) is 0 Å².